The molecule has 1 N–H and O–H groups in total. The third kappa shape index (κ3) is 1.45. The van der Waals surface area contributed by atoms with Gasteiger partial charge >= 0.3 is 0 Å². The van der Waals surface area contributed by atoms with Crippen LogP contribution in [0, 0.1) is 0 Å². The third-order valence-corrected chi connectivity index (χ3v) is 2.73. The fourth-order valence-corrected chi connectivity index (χ4v) is 1.93. The van der Waals surface area contributed by atoms with Crippen LogP contribution in [0.1, 0.15) is 6.42 Å². The molecule has 5 heteroatoms. The van der Waals surface area contributed by atoms with Crippen molar-refractivity contribution in [2.24, 2.45) is 0 Å². The van der Waals surface area contributed by atoms with Gasteiger partial charge in [0, 0.05) is 25.4 Å². The van der Waals surface area contributed by atoms with E-state index < -0.39 is 0 Å². The predicted octanol–water partition coefficient (Wildman–Crippen LogP) is 0.300. The zero-order valence-electron chi connectivity index (χ0n) is 8.24. The normalized spacial score (nSPS) is 21.4. The molecule has 1 aliphatic heterocycles. The van der Waals surface area contributed by atoms with Crippen LogP contribution >= 0.6 is 0 Å². The summed E-state index contributed by atoms with van der Waals surface area (Å²) in [6, 6.07) is 3.80. The lowest BCUT2D eigenvalue weighted by atomic mass is 10.3. The van der Waals surface area contributed by atoms with Crippen molar-refractivity contribution in [3.05, 3.63) is 24.5 Å². The Morgan fingerprint density at radius 1 is 1.40 bits per heavy atom. The fraction of sp³-hybridized carbons (Fsp3) is 0.400. The first-order chi connectivity index (χ1) is 7.33. The first-order valence-electron chi connectivity index (χ1n) is 5.06. The molecule has 0 spiro atoms. The highest BCUT2D eigenvalue weighted by molar-refractivity contribution is 5.47. The van der Waals surface area contributed by atoms with Crippen molar-refractivity contribution in [1.29, 1.82) is 0 Å². The Bertz CT molecular complexity index is 481. The summed E-state index contributed by atoms with van der Waals surface area (Å²) in [6.45, 7) is 1.55. The number of rotatable bonds is 1. The molecule has 0 bridgehead atoms. The number of aromatic nitrogens is 3. The van der Waals surface area contributed by atoms with Gasteiger partial charge in [-0.1, -0.05) is 0 Å². The summed E-state index contributed by atoms with van der Waals surface area (Å²) in [4.78, 5) is 6.56. The number of fused-ring (bicyclic) bond motifs is 1. The van der Waals surface area contributed by atoms with Crippen LogP contribution in [0.4, 0.5) is 5.82 Å². The number of anilines is 1. The van der Waals surface area contributed by atoms with Gasteiger partial charge in [-0.05, 0) is 12.5 Å². The van der Waals surface area contributed by atoms with E-state index in [1.54, 1.807) is 10.7 Å². The van der Waals surface area contributed by atoms with Crippen LogP contribution in [0.25, 0.3) is 5.65 Å². The Balaban J connectivity index is 1.97. The van der Waals surface area contributed by atoms with E-state index in [-0.39, 0.29) is 6.10 Å². The predicted molar refractivity (Wildman–Crippen MR) is 55.8 cm³/mol. The summed E-state index contributed by atoms with van der Waals surface area (Å²) in [7, 11) is 0. The van der Waals surface area contributed by atoms with Crippen LogP contribution in [0.3, 0.4) is 0 Å². The van der Waals surface area contributed by atoms with Gasteiger partial charge in [0.05, 0.1) is 12.3 Å². The first-order valence-corrected chi connectivity index (χ1v) is 5.06. The van der Waals surface area contributed by atoms with Gasteiger partial charge in [0.2, 0.25) is 0 Å². The summed E-state index contributed by atoms with van der Waals surface area (Å²) in [6.07, 6.45) is 4.23. The molecule has 0 amide bonds. The van der Waals surface area contributed by atoms with Gasteiger partial charge < -0.3 is 10.0 Å². The highest BCUT2D eigenvalue weighted by atomic mass is 16.3. The molecule has 5 nitrogen and oxygen atoms in total. The zero-order valence-corrected chi connectivity index (χ0v) is 8.24. The van der Waals surface area contributed by atoms with Crippen LogP contribution in [0.2, 0.25) is 0 Å². The molecular weight excluding hydrogens is 192 g/mol. The summed E-state index contributed by atoms with van der Waals surface area (Å²) in [5.41, 5.74) is 0.842. The van der Waals surface area contributed by atoms with E-state index in [9.17, 15) is 5.11 Å². The maximum absolute atomic E-state index is 9.45. The van der Waals surface area contributed by atoms with Crippen molar-refractivity contribution in [2.45, 2.75) is 12.5 Å². The Morgan fingerprint density at radius 3 is 3.13 bits per heavy atom. The summed E-state index contributed by atoms with van der Waals surface area (Å²) in [5.74, 6) is 0.916. The van der Waals surface area contributed by atoms with E-state index in [0.717, 1.165) is 24.4 Å². The molecule has 0 aromatic carbocycles. The highest BCUT2D eigenvalue weighted by Crippen LogP contribution is 2.18. The van der Waals surface area contributed by atoms with Crippen LogP contribution in [-0.2, 0) is 0 Å². The second-order valence-electron chi connectivity index (χ2n) is 3.81. The molecule has 1 unspecified atom stereocenters. The molecule has 78 valence electrons. The van der Waals surface area contributed by atoms with E-state index in [1.807, 2.05) is 18.3 Å². The number of aliphatic hydroxyl groups is 1. The molecule has 1 fully saturated rings. The number of hydrogen-bond donors (Lipinski definition) is 1. The van der Waals surface area contributed by atoms with Gasteiger partial charge in [0.15, 0.2) is 5.65 Å². The molecule has 0 aliphatic carbocycles. The monoisotopic (exact) mass is 204 g/mol. The standard InChI is InChI=1S/C10H12N4O/c15-8-2-5-13(7-8)9-3-6-14-10(12-9)1-4-11-14/h1,3-4,6,8,15H,2,5,7H2. The minimum Gasteiger partial charge on any atom is -0.391 e. The van der Waals surface area contributed by atoms with E-state index in [1.165, 1.54) is 0 Å². The summed E-state index contributed by atoms with van der Waals surface area (Å²) >= 11 is 0. The summed E-state index contributed by atoms with van der Waals surface area (Å²) < 4.78 is 1.73. The molecule has 1 saturated heterocycles. The van der Waals surface area contributed by atoms with Crippen molar-refractivity contribution in [1.82, 2.24) is 14.6 Å². The van der Waals surface area contributed by atoms with Crippen molar-refractivity contribution in [3.63, 3.8) is 0 Å². The van der Waals surface area contributed by atoms with Crippen molar-refractivity contribution in [2.75, 3.05) is 18.0 Å². The fourth-order valence-electron chi connectivity index (χ4n) is 1.93. The Hall–Kier alpha value is -1.62. The Kier molecular flexibility index (Phi) is 1.85. The molecule has 1 aliphatic rings. The number of aliphatic hydroxyl groups excluding tert-OH is 1. The van der Waals surface area contributed by atoms with E-state index >= 15 is 0 Å². The lowest BCUT2D eigenvalue weighted by molar-refractivity contribution is 0.198. The smallest absolute Gasteiger partial charge is 0.157 e. The van der Waals surface area contributed by atoms with Crippen molar-refractivity contribution >= 4 is 11.5 Å². The average Bonchev–Trinajstić information content (AvgIpc) is 2.84. The molecule has 2 aromatic heterocycles. The maximum atomic E-state index is 9.45. The largest absolute Gasteiger partial charge is 0.391 e. The van der Waals surface area contributed by atoms with Gasteiger partial charge in [-0.2, -0.15) is 5.10 Å². The third-order valence-electron chi connectivity index (χ3n) is 2.73. The van der Waals surface area contributed by atoms with E-state index in [2.05, 4.69) is 15.0 Å². The van der Waals surface area contributed by atoms with E-state index in [0.29, 0.717) is 6.54 Å². The summed E-state index contributed by atoms with van der Waals surface area (Å²) in [5, 5.41) is 13.5. The molecule has 0 radical (unpaired) electrons. The van der Waals surface area contributed by atoms with Gasteiger partial charge in [-0.15, -0.1) is 0 Å². The second kappa shape index (κ2) is 3.20. The Labute approximate surface area is 87.0 Å². The highest BCUT2D eigenvalue weighted by Gasteiger charge is 2.21. The van der Waals surface area contributed by atoms with Gasteiger partial charge in [-0.25, -0.2) is 9.50 Å². The van der Waals surface area contributed by atoms with Crippen LogP contribution < -0.4 is 4.90 Å². The van der Waals surface area contributed by atoms with Gasteiger partial charge in [-0.3, -0.25) is 0 Å². The lowest BCUT2D eigenvalue weighted by Gasteiger charge is -2.16. The van der Waals surface area contributed by atoms with Gasteiger partial charge in [0.25, 0.3) is 0 Å². The quantitative estimate of drug-likeness (QED) is 0.726. The van der Waals surface area contributed by atoms with Crippen molar-refractivity contribution in [3.8, 4) is 0 Å². The van der Waals surface area contributed by atoms with Gasteiger partial charge in [0.1, 0.15) is 5.82 Å². The molecular formula is C10H12N4O. The van der Waals surface area contributed by atoms with E-state index in [4.69, 9.17) is 0 Å². The number of β-amino-alcohol motifs (C(OH)–C–C–N with tert-alkyl or cyclic N) is 1. The molecule has 2 aromatic rings. The molecule has 3 rings (SSSR count). The lowest BCUT2D eigenvalue weighted by Crippen LogP contribution is -2.22. The SMILES string of the molecule is OC1CCN(c2ccn3nccc3n2)C1. The second-order valence-corrected chi connectivity index (χ2v) is 3.81. The minimum absolute atomic E-state index is 0.215. The first kappa shape index (κ1) is 8.67. The Morgan fingerprint density at radius 2 is 2.33 bits per heavy atom. The molecule has 15 heavy (non-hydrogen) atoms. The van der Waals surface area contributed by atoms with Crippen LogP contribution in [0.15, 0.2) is 24.5 Å². The molecule has 1 atom stereocenters. The maximum Gasteiger partial charge on any atom is 0.157 e. The molecule has 3 heterocycles. The number of hydrogen-bond acceptors (Lipinski definition) is 4. The zero-order chi connectivity index (χ0) is 10.3. The average molecular weight is 204 g/mol. The van der Waals surface area contributed by atoms with Crippen LogP contribution in [-0.4, -0.2) is 38.9 Å². The number of nitrogens with zero attached hydrogens (tertiary/aromatic N) is 4. The van der Waals surface area contributed by atoms with Crippen LogP contribution in [0.5, 0.6) is 0 Å². The minimum atomic E-state index is -0.215. The molecule has 0 saturated carbocycles. The topological polar surface area (TPSA) is 53.7 Å². The van der Waals surface area contributed by atoms with Crippen molar-refractivity contribution < 1.29 is 5.11 Å².